The Morgan fingerprint density at radius 3 is 2.73 bits per heavy atom. The van der Waals surface area contributed by atoms with Crippen molar-refractivity contribution in [3.8, 4) is 0 Å². The Morgan fingerprint density at radius 1 is 1.27 bits per heavy atom. The lowest BCUT2D eigenvalue weighted by Crippen LogP contribution is -2.34. The van der Waals surface area contributed by atoms with Crippen molar-refractivity contribution >= 4 is 17.7 Å². The minimum Gasteiger partial charge on any atom is -0.478 e. The highest BCUT2D eigenvalue weighted by Crippen LogP contribution is 2.44. The number of hydrogen-bond donors (Lipinski definition) is 2. The Bertz CT molecular complexity index is 613. The van der Waals surface area contributed by atoms with E-state index in [9.17, 15) is 15.0 Å². The molecule has 1 aromatic rings. The first-order valence-corrected chi connectivity index (χ1v) is 10.9. The number of piperidine rings is 1. The van der Waals surface area contributed by atoms with Crippen LogP contribution in [0, 0.1) is 5.92 Å². The lowest BCUT2D eigenvalue weighted by molar-refractivity contribution is 0.0692. The zero-order chi connectivity index (χ0) is 18.5. The molecule has 1 saturated heterocycles. The number of carbonyl (C=O) groups is 1. The standard InChI is InChI=1S/C21H31NO3S/c1-2-3-11-22-12-9-15(10-13-22)7-8-16-14-19(23)17-5-4-6-18(21(24)25)20(17)26-16/h4-6,15-16,19,23H,2-3,7-14H2,1H3,(H,24,25). The van der Waals surface area contributed by atoms with E-state index in [-0.39, 0.29) is 0 Å². The monoisotopic (exact) mass is 377 g/mol. The van der Waals surface area contributed by atoms with Crippen molar-refractivity contribution in [1.82, 2.24) is 4.90 Å². The summed E-state index contributed by atoms with van der Waals surface area (Å²) in [5.41, 5.74) is 1.12. The van der Waals surface area contributed by atoms with Crippen LogP contribution >= 0.6 is 11.8 Å². The van der Waals surface area contributed by atoms with E-state index in [2.05, 4.69) is 11.8 Å². The van der Waals surface area contributed by atoms with E-state index in [4.69, 9.17) is 0 Å². The molecule has 1 fully saturated rings. The molecular weight excluding hydrogens is 346 g/mol. The second kappa shape index (κ2) is 9.25. The summed E-state index contributed by atoms with van der Waals surface area (Å²) in [6.07, 6.45) is 7.57. The SMILES string of the molecule is CCCCN1CCC(CCC2CC(O)c3cccc(C(=O)O)c3S2)CC1. The highest BCUT2D eigenvalue weighted by atomic mass is 32.2. The average molecular weight is 378 g/mol. The van der Waals surface area contributed by atoms with E-state index in [1.807, 2.05) is 6.07 Å². The van der Waals surface area contributed by atoms with Gasteiger partial charge in [0.1, 0.15) is 0 Å². The first-order chi connectivity index (χ1) is 12.6. The van der Waals surface area contributed by atoms with Gasteiger partial charge < -0.3 is 15.1 Å². The largest absolute Gasteiger partial charge is 0.478 e. The second-order valence-electron chi connectivity index (χ2n) is 7.74. The first-order valence-electron chi connectivity index (χ1n) is 10.0. The van der Waals surface area contributed by atoms with Crippen molar-refractivity contribution in [2.24, 2.45) is 5.92 Å². The average Bonchev–Trinajstić information content (AvgIpc) is 2.65. The zero-order valence-electron chi connectivity index (χ0n) is 15.7. The van der Waals surface area contributed by atoms with Gasteiger partial charge in [-0.15, -0.1) is 11.8 Å². The van der Waals surface area contributed by atoms with Crippen molar-refractivity contribution in [2.75, 3.05) is 19.6 Å². The molecule has 2 N–H and O–H groups in total. The summed E-state index contributed by atoms with van der Waals surface area (Å²) < 4.78 is 0. The maximum absolute atomic E-state index is 11.5. The number of hydrogen-bond acceptors (Lipinski definition) is 4. The molecule has 4 nitrogen and oxygen atoms in total. The minimum absolute atomic E-state index is 0.316. The number of thioether (sulfide) groups is 1. The molecular formula is C21H31NO3S. The van der Waals surface area contributed by atoms with Crippen molar-refractivity contribution in [3.63, 3.8) is 0 Å². The van der Waals surface area contributed by atoms with Crippen LogP contribution < -0.4 is 0 Å². The third-order valence-corrected chi connectivity index (χ3v) is 7.29. The number of carboxylic acids is 1. The fourth-order valence-electron chi connectivity index (χ4n) is 4.19. The van der Waals surface area contributed by atoms with Gasteiger partial charge in [0.2, 0.25) is 0 Å². The second-order valence-corrected chi connectivity index (χ2v) is 9.05. The lowest BCUT2D eigenvalue weighted by atomic mass is 9.90. The molecule has 0 aliphatic carbocycles. The number of aromatic carboxylic acids is 1. The zero-order valence-corrected chi connectivity index (χ0v) is 16.5. The predicted molar refractivity (Wildman–Crippen MR) is 106 cm³/mol. The Kier molecular flexibility index (Phi) is 7.01. The van der Waals surface area contributed by atoms with Crippen molar-refractivity contribution < 1.29 is 15.0 Å². The number of aliphatic hydroxyl groups is 1. The molecule has 0 aromatic heterocycles. The van der Waals surface area contributed by atoms with E-state index < -0.39 is 12.1 Å². The smallest absolute Gasteiger partial charge is 0.336 e. The topological polar surface area (TPSA) is 60.8 Å². The molecule has 0 spiro atoms. The van der Waals surface area contributed by atoms with Crippen LogP contribution in [0.15, 0.2) is 23.1 Å². The van der Waals surface area contributed by atoms with Gasteiger partial charge in [-0.1, -0.05) is 25.5 Å². The number of carboxylic acid groups (broad SMARTS) is 1. The van der Waals surface area contributed by atoms with Gasteiger partial charge in [0.25, 0.3) is 0 Å². The molecule has 2 heterocycles. The van der Waals surface area contributed by atoms with E-state index >= 15 is 0 Å². The summed E-state index contributed by atoms with van der Waals surface area (Å²) in [7, 11) is 0. The van der Waals surface area contributed by atoms with Gasteiger partial charge in [-0.2, -0.15) is 0 Å². The van der Waals surface area contributed by atoms with Gasteiger partial charge in [-0.25, -0.2) is 4.79 Å². The van der Waals surface area contributed by atoms with Crippen LogP contribution in [0.2, 0.25) is 0 Å². The number of nitrogens with zero attached hydrogens (tertiary/aromatic N) is 1. The summed E-state index contributed by atoms with van der Waals surface area (Å²) in [4.78, 5) is 14.9. The van der Waals surface area contributed by atoms with Crippen LogP contribution in [0.5, 0.6) is 0 Å². The van der Waals surface area contributed by atoms with Crippen LogP contribution in [0.25, 0.3) is 0 Å². The summed E-state index contributed by atoms with van der Waals surface area (Å²) in [6.45, 7) is 5.92. The van der Waals surface area contributed by atoms with E-state index in [0.29, 0.717) is 10.8 Å². The number of likely N-dealkylation sites (tertiary alicyclic amines) is 1. The van der Waals surface area contributed by atoms with Gasteiger partial charge in [0.15, 0.2) is 0 Å². The maximum Gasteiger partial charge on any atom is 0.336 e. The molecule has 5 heteroatoms. The third kappa shape index (κ3) is 4.81. The first kappa shape index (κ1) is 19.7. The van der Waals surface area contributed by atoms with Gasteiger partial charge in [-0.3, -0.25) is 0 Å². The van der Waals surface area contributed by atoms with Crippen LogP contribution in [0.4, 0.5) is 0 Å². The highest BCUT2D eigenvalue weighted by molar-refractivity contribution is 8.00. The molecule has 3 rings (SSSR count). The van der Waals surface area contributed by atoms with E-state index in [1.165, 1.54) is 51.7 Å². The molecule has 2 unspecified atom stereocenters. The molecule has 0 radical (unpaired) electrons. The number of unbranched alkanes of at least 4 members (excludes halogenated alkanes) is 1. The molecule has 2 aliphatic rings. The molecule has 0 amide bonds. The molecule has 2 atom stereocenters. The third-order valence-electron chi connectivity index (χ3n) is 5.84. The number of benzene rings is 1. The van der Waals surface area contributed by atoms with Crippen molar-refractivity contribution in [1.29, 1.82) is 0 Å². The Morgan fingerprint density at radius 2 is 2.04 bits per heavy atom. The van der Waals surface area contributed by atoms with Gasteiger partial charge >= 0.3 is 5.97 Å². The van der Waals surface area contributed by atoms with Crippen molar-refractivity contribution in [3.05, 3.63) is 29.3 Å². The molecule has 26 heavy (non-hydrogen) atoms. The van der Waals surface area contributed by atoms with Crippen LogP contribution in [-0.2, 0) is 0 Å². The summed E-state index contributed by atoms with van der Waals surface area (Å²) in [5.74, 6) is -0.122. The van der Waals surface area contributed by atoms with Crippen LogP contribution in [0.1, 0.15) is 73.9 Å². The van der Waals surface area contributed by atoms with Gasteiger partial charge in [-0.05, 0) is 75.7 Å². The highest BCUT2D eigenvalue weighted by Gasteiger charge is 2.30. The molecule has 2 aliphatic heterocycles. The normalized spacial score (nSPS) is 24.4. The van der Waals surface area contributed by atoms with E-state index in [1.54, 1.807) is 23.9 Å². The summed E-state index contributed by atoms with van der Waals surface area (Å²) in [6, 6.07) is 5.25. The predicted octanol–water partition coefficient (Wildman–Crippen LogP) is 4.57. The number of fused-ring (bicyclic) bond motifs is 1. The summed E-state index contributed by atoms with van der Waals surface area (Å²) >= 11 is 1.66. The Labute approximate surface area is 161 Å². The Balaban J connectivity index is 1.52. The Hall–Kier alpha value is -1.04. The molecule has 144 valence electrons. The van der Waals surface area contributed by atoms with Gasteiger partial charge in [0, 0.05) is 10.1 Å². The number of aliphatic hydroxyl groups excluding tert-OH is 1. The number of rotatable bonds is 7. The minimum atomic E-state index is -0.901. The van der Waals surface area contributed by atoms with Gasteiger partial charge in [0.05, 0.1) is 11.7 Å². The maximum atomic E-state index is 11.5. The van der Waals surface area contributed by atoms with Crippen LogP contribution in [-0.4, -0.2) is 46.0 Å². The van der Waals surface area contributed by atoms with Crippen molar-refractivity contribution in [2.45, 2.75) is 68.1 Å². The van der Waals surface area contributed by atoms with E-state index in [0.717, 1.165) is 29.2 Å². The lowest BCUT2D eigenvalue weighted by Gasteiger charge is -2.34. The molecule has 0 saturated carbocycles. The fourth-order valence-corrected chi connectivity index (χ4v) is 5.68. The summed E-state index contributed by atoms with van der Waals surface area (Å²) in [5, 5.41) is 20.2. The molecule has 1 aromatic carbocycles. The van der Waals surface area contributed by atoms with Crippen LogP contribution in [0.3, 0.4) is 0 Å². The quantitative estimate of drug-likeness (QED) is 0.728. The molecule has 0 bridgehead atoms. The fraction of sp³-hybridized carbons (Fsp3) is 0.667.